The Bertz CT molecular complexity index is 631. The van der Waals surface area contributed by atoms with E-state index in [1.54, 1.807) is 19.1 Å². The Hall–Kier alpha value is -1.90. The van der Waals surface area contributed by atoms with Gasteiger partial charge in [-0.15, -0.1) is 0 Å². The molecule has 28 heavy (non-hydrogen) atoms. The number of esters is 1. The summed E-state index contributed by atoms with van der Waals surface area (Å²) < 4.78 is 41.8. The van der Waals surface area contributed by atoms with Crippen molar-refractivity contribution >= 4 is 5.97 Å². The number of ether oxygens (including phenoxy) is 1. The number of rotatable bonds is 11. The van der Waals surface area contributed by atoms with Crippen molar-refractivity contribution in [2.24, 2.45) is 5.73 Å². The van der Waals surface area contributed by atoms with Crippen LogP contribution in [0.1, 0.15) is 37.3 Å². The Kier molecular flexibility index (Phi) is 9.64. The van der Waals surface area contributed by atoms with Gasteiger partial charge in [0.1, 0.15) is 0 Å². The highest BCUT2D eigenvalue weighted by Gasteiger charge is 2.42. The summed E-state index contributed by atoms with van der Waals surface area (Å²) in [4.78, 5) is 11.8. The molecule has 0 aliphatic carbocycles. The minimum Gasteiger partial charge on any atom is -0.464 e. The molecular weight excluding hydrogens is 375 g/mol. The molecule has 0 aromatic heterocycles. The Balaban J connectivity index is 2.39. The molecule has 1 rings (SSSR count). The lowest BCUT2D eigenvalue weighted by Gasteiger charge is -2.29. The summed E-state index contributed by atoms with van der Waals surface area (Å²) in [6.45, 7) is 0.983. The molecule has 0 heterocycles. The molecule has 0 radical (unpaired) electrons. The van der Waals surface area contributed by atoms with Crippen LogP contribution in [0.15, 0.2) is 36.4 Å². The topological polar surface area (TPSA) is 92.8 Å². The predicted molar refractivity (Wildman–Crippen MR) is 99.5 cm³/mol. The minimum absolute atomic E-state index is 0.0988. The van der Waals surface area contributed by atoms with Gasteiger partial charge in [0.2, 0.25) is 0 Å². The second-order valence-electron chi connectivity index (χ2n) is 6.63. The lowest BCUT2D eigenvalue weighted by atomic mass is 9.91. The number of carbonyl (C=O) groups is 1. The number of nitrogens with two attached hydrogens (primary N) is 1. The molecule has 8 heteroatoms. The van der Waals surface area contributed by atoms with Crippen LogP contribution in [-0.2, 0) is 22.4 Å². The molecule has 158 valence electrons. The predicted octanol–water partition coefficient (Wildman–Crippen LogP) is 2.67. The molecule has 2 atom stereocenters. The fourth-order valence-electron chi connectivity index (χ4n) is 2.62. The highest BCUT2D eigenvalue weighted by molar-refractivity contribution is 5.81. The second kappa shape index (κ2) is 11.2. The molecule has 1 aromatic rings. The summed E-state index contributed by atoms with van der Waals surface area (Å²) >= 11 is 0. The zero-order chi connectivity index (χ0) is 21.2. The molecule has 0 amide bonds. The quantitative estimate of drug-likeness (QED) is 0.390. The van der Waals surface area contributed by atoms with Crippen molar-refractivity contribution < 1.29 is 32.9 Å². The number of halogens is 3. The van der Waals surface area contributed by atoms with Crippen LogP contribution in [0.25, 0.3) is 0 Å². The van der Waals surface area contributed by atoms with Gasteiger partial charge in [-0.2, -0.15) is 13.2 Å². The summed E-state index contributed by atoms with van der Waals surface area (Å²) in [5.41, 5.74) is 5.09. The van der Waals surface area contributed by atoms with E-state index in [2.05, 4.69) is 0 Å². The van der Waals surface area contributed by atoms with Crippen LogP contribution in [0.3, 0.4) is 0 Å². The minimum atomic E-state index is -4.21. The van der Waals surface area contributed by atoms with Crippen LogP contribution < -0.4 is 5.73 Å². The van der Waals surface area contributed by atoms with Gasteiger partial charge >= 0.3 is 12.1 Å². The maximum atomic E-state index is 12.3. The fourth-order valence-corrected chi connectivity index (χ4v) is 2.62. The van der Waals surface area contributed by atoms with E-state index in [1.807, 2.05) is 12.2 Å². The van der Waals surface area contributed by atoms with Crippen molar-refractivity contribution in [3.8, 4) is 0 Å². The van der Waals surface area contributed by atoms with E-state index in [9.17, 15) is 28.2 Å². The fraction of sp³-hybridized carbons (Fsp3) is 0.550. The number of carbonyl (C=O) groups excluding carboxylic acids is 1. The molecule has 1 aromatic carbocycles. The number of benzene rings is 1. The van der Waals surface area contributed by atoms with Gasteiger partial charge in [0.15, 0.2) is 5.54 Å². The number of aryl methyl sites for hydroxylation is 1. The Morgan fingerprint density at radius 3 is 2.29 bits per heavy atom. The van der Waals surface area contributed by atoms with Crippen LogP contribution in [0.2, 0.25) is 0 Å². The van der Waals surface area contributed by atoms with Gasteiger partial charge in [0, 0.05) is 0 Å². The number of hydrogen-bond acceptors (Lipinski definition) is 5. The van der Waals surface area contributed by atoms with Crippen molar-refractivity contribution in [3.63, 3.8) is 0 Å². The summed E-state index contributed by atoms with van der Waals surface area (Å²) in [6, 6.07) is 6.33. The van der Waals surface area contributed by atoms with Crippen LogP contribution in [0.4, 0.5) is 13.2 Å². The number of alkyl halides is 3. The third-order valence-corrected chi connectivity index (χ3v) is 4.31. The molecule has 0 saturated heterocycles. The molecular formula is C20H28F3NO4. The van der Waals surface area contributed by atoms with Crippen LogP contribution >= 0.6 is 0 Å². The first kappa shape index (κ1) is 24.1. The van der Waals surface area contributed by atoms with Crippen LogP contribution in [-0.4, -0.2) is 47.2 Å². The third-order valence-electron chi connectivity index (χ3n) is 4.31. The molecule has 0 saturated carbocycles. The lowest BCUT2D eigenvalue weighted by Crippen LogP contribution is -2.60. The van der Waals surface area contributed by atoms with Crippen molar-refractivity contribution in [1.29, 1.82) is 0 Å². The van der Waals surface area contributed by atoms with Gasteiger partial charge in [-0.25, -0.2) is 4.79 Å². The maximum absolute atomic E-state index is 12.3. The number of allylic oxidation sites excluding steroid dienone is 2. The number of hydrogen-bond donors (Lipinski definition) is 3. The molecule has 5 nitrogen and oxygen atoms in total. The van der Waals surface area contributed by atoms with Gasteiger partial charge in [0.25, 0.3) is 0 Å². The van der Waals surface area contributed by atoms with E-state index in [0.29, 0.717) is 19.3 Å². The van der Waals surface area contributed by atoms with Crippen molar-refractivity contribution in [2.75, 3.05) is 13.2 Å². The molecule has 0 bridgehead atoms. The van der Waals surface area contributed by atoms with Crippen molar-refractivity contribution in [1.82, 2.24) is 0 Å². The number of aliphatic hydroxyl groups excluding tert-OH is 2. The maximum Gasteiger partial charge on any atom is 0.393 e. The molecule has 0 aliphatic rings. The van der Waals surface area contributed by atoms with Crippen LogP contribution in [0.5, 0.6) is 0 Å². The average Bonchev–Trinajstić information content (AvgIpc) is 2.63. The zero-order valence-corrected chi connectivity index (χ0v) is 15.9. The van der Waals surface area contributed by atoms with Gasteiger partial charge in [-0.1, -0.05) is 36.4 Å². The van der Waals surface area contributed by atoms with E-state index in [4.69, 9.17) is 10.5 Å². The normalized spacial score (nSPS) is 15.4. The zero-order valence-electron chi connectivity index (χ0n) is 15.9. The summed E-state index contributed by atoms with van der Waals surface area (Å²) in [7, 11) is 0. The molecule has 0 spiro atoms. The molecule has 0 fully saturated rings. The summed E-state index contributed by atoms with van der Waals surface area (Å²) in [5, 5.41) is 19.4. The van der Waals surface area contributed by atoms with Gasteiger partial charge in [-0.05, 0) is 43.7 Å². The molecule has 2 unspecified atom stereocenters. The SMILES string of the molecule is CCOC(=O)C(N)(CO)C(O)CC/C=C/CCc1ccc(CC(F)(F)F)cc1. The van der Waals surface area contributed by atoms with E-state index >= 15 is 0 Å². The van der Waals surface area contributed by atoms with E-state index in [1.165, 1.54) is 12.1 Å². The van der Waals surface area contributed by atoms with E-state index in [-0.39, 0.29) is 18.6 Å². The Labute approximate surface area is 163 Å². The van der Waals surface area contributed by atoms with Crippen LogP contribution in [0, 0.1) is 0 Å². The monoisotopic (exact) mass is 403 g/mol. The first-order chi connectivity index (χ1) is 13.1. The molecule has 0 aliphatic heterocycles. The van der Waals surface area contributed by atoms with E-state index in [0.717, 1.165) is 5.56 Å². The second-order valence-corrected chi connectivity index (χ2v) is 6.63. The largest absolute Gasteiger partial charge is 0.464 e. The van der Waals surface area contributed by atoms with Crippen molar-refractivity contribution in [3.05, 3.63) is 47.5 Å². The van der Waals surface area contributed by atoms with Crippen molar-refractivity contribution in [2.45, 2.75) is 56.8 Å². The smallest absolute Gasteiger partial charge is 0.393 e. The first-order valence-corrected chi connectivity index (χ1v) is 9.17. The highest BCUT2D eigenvalue weighted by atomic mass is 19.4. The lowest BCUT2D eigenvalue weighted by molar-refractivity contribution is -0.157. The molecule has 4 N–H and O–H groups in total. The average molecular weight is 403 g/mol. The van der Waals surface area contributed by atoms with Gasteiger partial charge in [-0.3, -0.25) is 0 Å². The Morgan fingerprint density at radius 2 is 1.75 bits per heavy atom. The van der Waals surface area contributed by atoms with Gasteiger partial charge < -0.3 is 20.7 Å². The standard InChI is InChI=1S/C20H28F3NO4/c1-2-28-18(27)19(24,14-25)17(26)8-6-4-3-5-7-15-9-11-16(12-10-15)13-20(21,22)23/h3-4,9-12,17,25-26H,2,5-8,13-14,24H2,1H3/b4-3+. The first-order valence-electron chi connectivity index (χ1n) is 9.17. The highest BCUT2D eigenvalue weighted by Crippen LogP contribution is 2.21. The van der Waals surface area contributed by atoms with Gasteiger partial charge in [0.05, 0.1) is 25.7 Å². The Morgan fingerprint density at radius 1 is 1.18 bits per heavy atom. The summed E-state index contributed by atoms with van der Waals surface area (Å²) in [6.07, 6.45) is -0.699. The third kappa shape index (κ3) is 8.00. The summed E-state index contributed by atoms with van der Waals surface area (Å²) in [5.74, 6) is -0.844. The van der Waals surface area contributed by atoms with E-state index < -0.39 is 36.8 Å². The number of aliphatic hydroxyl groups is 2.